The van der Waals surface area contributed by atoms with Gasteiger partial charge in [0.1, 0.15) is 17.8 Å². The number of benzene rings is 1. The first-order chi connectivity index (χ1) is 13.3. The maximum Gasteiger partial charge on any atom is 0.245 e. The van der Waals surface area contributed by atoms with Gasteiger partial charge in [-0.15, -0.1) is 0 Å². The monoisotopic (exact) mass is 383 g/mol. The van der Waals surface area contributed by atoms with Crippen LogP contribution in [0.25, 0.3) is 0 Å². The number of nitrogens with zero attached hydrogens (tertiary/aromatic N) is 1. The molecule has 0 bridgehead atoms. The number of fused-ring (bicyclic) bond motifs is 2. The second-order valence-corrected chi connectivity index (χ2v) is 8.21. The van der Waals surface area contributed by atoms with Gasteiger partial charge in [-0.25, -0.2) is 0 Å². The zero-order valence-corrected chi connectivity index (χ0v) is 16.1. The van der Waals surface area contributed by atoms with Crippen LogP contribution in [0.15, 0.2) is 29.8 Å². The number of hydrogen-bond acceptors (Lipinski definition) is 4. The summed E-state index contributed by atoms with van der Waals surface area (Å²) in [4.78, 5) is 40.3. The number of carbonyl (C=O) groups excluding carboxylic acids is 3. The van der Waals surface area contributed by atoms with Crippen LogP contribution in [-0.4, -0.2) is 46.4 Å². The van der Waals surface area contributed by atoms with E-state index in [9.17, 15) is 19.5 Å². The van der Waals surface area contributed by atoms with E-state index in [1.807, 2.05) is 19.9 Å². The smallest absolute Gasteiger partial charge is 0.245 e. The molecule has 0 radical (unpaired) electrons. The summed E-state index contributed by atoms with van der Waals surface area (Å²) in [6, 6.07) is 3.69. The lowest BCUT2D eigenvalue weighted by Crippen LogP contribution is -2.62. The Morgan fingerprint density at radius 1 is 1.32 bits per heavy atom. The average molecular weight is 383 g/mol. The molecule has 3 N–H and O–H groups in total. The van der Waals surface area contributed by atoms with Crippen molar-refractivity contribution < 1.29 is 19.5 Å². The Bertz CT molecular complexity index is 890. The van der Waals surface area contributed by atoms with Crippen LogP contribution in [0.5, 0.6) is 5.75 Å². The van der Waals surface area contributed by atoms with Crippen molar-refractivity contribution in [3.63, 3.8) is 0 Å². The Hall–Kier alpha value is -2.83. The fourth-order valence-corrected chi connectivity index (χ4v) is 4.60. The highest BCUT2D eigenvalue weighted by Gasteiger charge is 2.51. The number of hydrogen-bond donors (Lipinski definition) is 3. The first-order valence-electron chi connectivity index (χ1n) is 9.71. The molecule has 1 aromatic rings. The molecule has 0 spiro atoms. The molecule has 4 rings (SSSR count). The van der Waals surface area contributed by atoms with E-state index in [0.29, 0.717) is 25.1 Å². The molecule has 148 valence electrons. The molecule has 3 unspecified atom stereocenters. The predicted molar refractivity (Wildman–Crippen MR) is 104 cm³/mol. The molecule has 3 aliphatic heterocycles. The van der Waals surface area contributed by atoms with E-state index < -0.39 is 11.5 Å². The van der Waals surface area contributed by atoms with Crippen molar-refractivity contribution in [1.29, 1.82) is 0 Å². The Balaban J connectivity index is 1.72. The second kappa shape index (κ2) is 6.65. The van der Waals surface area contributed by atoms with Crippen LogP contribution >= 0.6 is 0 Å². The van der Waals surface area contributed by atoms with Crippen LogP contribution in [-0.2, 0) is 19.8 Å². The number of piperazine rings is 1. The Morgan fingerprint density at radius 3 is 2.86 bits per heavy atom. The molecule has 7 nitrogen and oxygen atoms in total. The maximum atomic E-state index is 13.1. The Kier molecular flexibility index (Phi) is 4.40. The molecule has 0 aliphatic carbocycles. The summed E-state index contributed by atoms with van der Waals surface area (Å²) in [6.07, 6.45) is 4.10. The molecular weight excluding hydrogens is 358 g/mol. The molecule has 3 atom stereocenters. The lowest BCUT2D eigenvalue weighted by Gasteiger charge is -2.38. The standard InChI is InChI=1S/C21H25N3O4/c1-12(2)7-8-21(14-6-5-13(25)10-15(14)23-20(21)28)11-16-19(27)24-9-3-4-17(24)18(26)22-16/h5-7,10,16-17,25H,3-4,8-9,11H2,1-2H3,(H,22,26)(H,23,28). The number of rotatable bonds is 4. The normalized spacial score (nSPS) is 28.5. The largest absolute Gasteiger partial charge is 0.508 e. The molecule has 0 saturated carbocycles. The summed E-state index contributed by atoms with van der Waals surface area (Å²) in [5.41, 5.74) is 1.40. The lowest BCUT2D eigenvalue weighted by molar-refractivity contribution is -0.148. The third-order valence-electron chi connectivity index (χ3n) is 6.07. The number of carbonyl (C=O) groups is 3. The first-order valence-corrected chi connectivity index (χ1v) is 9.71. The van der Waals surface area contributed by atoms with E-state index in [1.54, 1.807) is 17.0 Å². The van der Waals surface area contributed by atoms with Gasteiger partial charge in [-0.2, -0.15) is 0 Å². The highest BCUT2D eigenvalue weighted by atomic mass is 16.3. The highest BCUT2D eigenvalue weighted by Crippen LogP contribution is 2.46. The molecule has 2 fully saturated rings. The minimum atomic E-state index is -0.972. The van der Waals surface area contributed by atoms with E-state index in [2.05, 4.69) is 10.6 Å². The van der Waals surface area contributed by atoms with Crippen LogP contribution in [0.4, 0.5) is 5.69 Å². The fraction of sp³-hybridized carbons (Fsp3) is 0.476. The van der Waals surface area contributed by atoms with Gasteiger partial charge in [0.25, 0.3) is 0 Å². The van der Waals surface area contributed by atoms with Crippen LogP contribution in [0.2, 0.25) is 0 Å². The lowest BCUT2D eigenvalue weighted by atomic mass is 9.73. The molecular formula is C21H25N3O4. The molecule has 1 aromatic carbocycles. The number of allylic oxidation sites excluding steroid dienone is 2. The van der Waals surface area contributed by atoms with Crippen molar-refractivity contribution in [2.45, 2.75) is 57.0 Å². The fourth-order valence-electron chi connectivity index (χ4n) is 4.60. The third kappa shape index (κ3) is 2.85. The highest BCUT2D eigenvalue weighted by molar-refractivity contribution is 6.07. The molecule has 3 heterocycles. The molecule has 7 heteroatoms. The van der Waals surface area contributed by atoms with Gasteiger partial charge in [-0.1, -0.05) is 17.7 Å². The third-order valence-corrected chi connectivity index (χ3v) is 6.07. The quantitative estimate of drug-likeness (QED) is 0.691. The van der Waals surface area contributed by atoms with Crippen molar-refractivity contribution >= 4 is 23.4 Å². The first kappa shape index (κ1) is 18.5. The van der Waals surface area contributed by atoms with Gasteiger partial charge in [-0.05, 0) is 51.2 Å². The average Bonchev–Trinajstić information content (AvgIpc) is 3.22. The number of phenolic OH excluding ortho intramolecular Hbond substituents is 1. The number of aromatic hydroxyl groups is 1. The number of nitrogens with one attached hydrogen (secondary N) is 2. The zero-order valence-electron chi connectivity index (χ0n) is 16.1. The zero-order chi connectivity index (χ0) is 20.1. The van der Waals surface area contributed by atoms with Gasteiger partial charge in [0.2, 0.25) is 17.7 Å². The molecule has 3 aliphatic rings. The van der Waals surface area contributed by atoms with Gasteiger partial charge in [0, 0.05) is 18.3 Å². The van der Waals surface area contributed by atoms with E-state index >= 15 is 0 Å². The topological polar surface area (TPSA) is 98.7 Å². The van der Waals surface area contributed by atoms with Gasteiger partial charge in [0.05, 0.1) is 5.41 Å². The van der Waals surface area contributed by atoms with Gasteiger partial charge >= 0.3 is 0 Å². The molecule has 3 amide bonds. The van der Waals surface area contributed by atoms with Crippen LogP contribution in [0.3, 0.4) is 0 Å². The van der Waals surface area contributed by atoms with E-state index in [4.69, 9.17) is 0 Å². The summed E-state index contributed by atoms with van der Waals surface area (Å²) >= 11 is 0. The SMILES string of the molecule is CC(C)=CCC1(CC2NC(=O)C3CCCN3C2=O)C(=O)Nc2cc(O)ccc21. The van der Waals surface area contributed by atoms with Crippen LogP contribution in [0.1, 0.15) is 45.1 Å². The Morgan fingerprint density at radius 2 is 2.11 bits per heavy atom. The summed E-state index contributed by atoms with van der Waals surface area (Å²) in [6.45, 7) is 4.51. The van der Waals surface area contributed by atoms with Crippen molar-refractivity contribution in [2.24, 2.45) is 0 Å². The molecule has 0 aromatic heterocycles. The summed E-state index contributed by atoms with van der Waals surface area (Å²) < 4.78 is 0. The predicted octanol–water partition coefficient (Wildman–Crippen LogP) is 1.82. The van der Waals surface area contributed by atoms with E-state index in [0.717, 1.165) is 17.6 Å². The van der Waals surface area contributed by atoms with E-state index in [1.165, 1.54) is 6.07 Å². The van der Waals surface area contributed by atoms with Crippen molar-refractivity contribution in [3.05, 3.63) is 35.4 Å². The number of anilines is 1. The maximum absolute atomic E-state index is 13.1. The van der Waals surface area contributed by atoms with E-state index in [-0.39, 0.29) is 35.9 Å². The molecule has 28 heavy (non-hydrogen) atoms. The van der Waals surface area contributed by atoms with Crippen molar-refractivity contribution in [3.8, 4) is 5.75 Å². The minimum Gasteiger partial charge on any atom is -0.508 e. The van der Waals surface area contributed by atoms with Crippen LogP contribution in [0, 0.1) is 0 Å². The number of amides is 3. The number of phenols is 1. The second-order valence-electron chi connectivity index (χ2n) is 8.21. The Labute approximate surface area is 163 Å². The summed E-state index contributed by atoms with van der Waals surface area (Å²) in [7, 11) is 0. The van der Waals surface area contributed by atoms with Crippen molar-refractivity contribution in [2.75, 3.05) is 11.9 Å². The van der Waals surface area contributed by atoms with Gasteiger partial charge in [-0.3, -0.25) is 14.4 Å². The van der Waals surface area contributed by atoms with Crippen molar-refractivity contribution in [1.82, 2.24) is 10.2 Å². The van der Waals surface area contributed by atoms with Crippen LogP contribution < -0.4 is 10.6 Å². The van der Waals surface area contributed by atoms with Gasteiger partial charge < -0.3 is 20.6 Å². The molecule has 2 saturated heterocycles. The minimum absolute atomic E-state index is 0.0685. The summed E-state index contributed by atoms with van der Waals surface area (Å²) in [5.74, 6) is -0.391. The summed E-state index contributed by atoms with van der Waals surface area (Å²) in [5, 5.41) is 15.5. The van der Waals surface area contributed by atoms with Gasteiger partial charge in [0.15, 0.2) is 0 Å².